The first kappa shape index (κ1) is 19.1. The van der Waals surface area contributed by atoms with Crippen molar-refractivity contribution in [3.63, 3.8) is 0 Å². The van der Waals surface area contributed by atoms with E-state index in [9.17, 15) is 9.59 Å². The van der Waals surface area contributed by atoms with Crippen molar-refractivity contribution >= 4 is 22.8 Å². The first-order chi connectivity index (χ1) is 14.2. The molecule has 29 heavy (non-hydrogen) atoms. The number of nitrogens with zero attached hydrogens (tertiary/aromatic N) is 1. The van der Waals surface area contributed by atoms with Crippen LogP contribution in [0, 0.1) is 0 Å². The number of nitrogens with one attached hydrogen (secondary N) is 1. The maximum Gasteiger partial charge on any atom is 0.287 e. The van der Waals surface area contributed by atoms with Crippen LogP contribution in [0.1, 0.15) is 29.8 Å². The molecule has 0 spiro atoms. The highest BCUT2D eigenvalue weighted by molar-refractivity contribution is 6.08. The Bertz CT molecular complexity index is 1030. The highest BCUT2D eigenvalue weighted by Crippen LogP contribution is 2.36. The predicted octanol–water partition coefficient (Wildman–Crippen LogP) is 3.85. The van der Waals surface area contributed by atoms with Gasteiger partial charge in [-0.05, 0) is 30.5 Å². The van der Waals surface area contributed by atoms with E-state index in [-0.39, 0.29) is 17.6 Å². The summed E-state index contributed by atoms with van der Waals surface area (Å²) in [6, 6.07) is 15.3. The number of furan rings is 1. The Labute approximate surface area is 169 Å². The molecule has 0 atom stereocenters. The molecule has 6 heteroatoms. The summed E-state index contributed by atoms with van der Waals surface area (Å²) >= 11 is 0. The third kappa shape index (κ3) is 3.97. The first-order valence-electron chi connectivity index (χ1n) is 9.89. The molecule has 2 heterocycles. The predicted molar refractivity (Wildman–Crippen MR) is 111 cm³/mol. The molecule has 2 amide bonds. The van der Waals surface area contributed by atoms with Crippen LogP contribution in [-0.4, -0.2) is 43.5 Å². The zero-order valence-electron chi connectivity index (χ0n) is 16.4. The van der Waals surface area contributed by atoms with Crippen molar-refractivity contribution in [3.05, 3.63) is 54.3 Å². The van der Waals surface area contributed by atoms with E-state index >= 15 is 0 Å². The number of likely N-dealkylation sites (tertiary alicyclic amines) is 1. The number of hydrogen-bond donors (Lipinski definition) is 1. The van der Waals surface area contributed by atoms with Crippen LogP contribution in [0.5, 0.6) is 5.75 Å². The van der Waals surface area contributed by atoms with Gasteiger partial charge in [-0.3, -0.25) is 9.59 Å². The van der Waals surface area contributed by atoms with E-state index < -0.39 is 0 Å². The van der Waals surface area contributed by atoms with Crippen LogP contribution in [-0.2, 0) is 4.79 Å². The average molecular weight is 392 g/mol. The van der Waals surface area contributed by atoms with Gasteiger partial charge in [-0.15, -0.1) is 0 Å². The van der Waals surface area contributed by atoms with Crippen molar-refractivity contribution in [2.75, 3.05) is 26.7 Å². The molecule has 1 aromatic heterocycles. The zero-order valence-corrected chi connectivity index (χ0v) is 16.4. The van der Waals surface area contributed by atoms with Crippen molar-refractivity contribution in [2.45, 2.75) is 19.3 Å². The Morgan fingerprint density at radius 1 is 1.21 bits per heavy atom. The topological polar surface area (TPSA) is 71.8 Å². The first-order valence-corrected chi connectivity index (χ1v) is 9.89. The second-order valence-corrected chi connectivity index (χ2v) is 7.13. The fraction of sp³-hybridized carbons (Fsp3) is 0.304. The Morgan fingerprint density at radius 2 is 2.03 bits per heavy atom. The summed E-state index contributed by atoms with van der Waals surface area (Å²) in [6.07, 6.45) is 2.27. The van der Waals surface area contributed by atoms with Gasteiger partial charge < -0.3 is 19.4 Å². The molecular weight excluding hydrogens is 368 g/mol. The molecule has 2 aromatic carbocycles. The number of fused-ring (bicyclic) bond motifs is 1. The molecule has 4 rings (SSSR count). The molecule has 1 aliphatic heterocycles. The Morgan fingerprint density at radius 3 is 2.76 bits per heavy atom. The minimum absolute atomic E-state index is 0.203. The van der Waals surface area contributed by atoms with E-state index in [4.69, 9.17) is 9.15 Å². The van der Waals surface area contributed by atoms with E-state index in [1.807, 2.05) is 47.4 Å². The summed E-state index contributed by atoms with van der Waals surface area (Å²) in [5.41, 5.74) is 2.30. The number of benzene rings is 2. The standard InChI is InChI=1S/C23H24N2O4/c1-28-17-10-11-18-19(15-17)29-22(21(18)16-7-3-2-4-8-16)23(27)24-12-6-14-25-13-5-9-20(25)26/h2-4,7-8,10-11,15H,5-6,9,12-14H2,1H3,(H,24,27). The van der Waals surface area contributed by atoms with Crippen LogP contribution in [0.15, 0.2) is 52.9 Å². The summed E-state index contributed by atoms with van der Waals surface area (Å²) in [6.45, 7) is 1.97. The maximum atomic E-state index is 12.9. The van der Waals surface area contributed by atoms with Crippen molar-refractivity contribution in [1.29, 1.82) is 0 Å². The van der Waals surface area contributed by atoms with Crippen LogP contribution in [0.3, 0.4) is 0 Å². The molecule has 0 unspecified atom stereocenters. The molecule has 0 bridgehead atoms. The minimum Gasteiger partial charge on any atom is -0.497 e. The van der Waals surface area contributed by atoms with Gasteiger partial charge >= 0.3 is 0 Å². The van der Waals surface area contributed by atoms with Crippen LogP contribution < -0.4 is 10.1 Å². The molecule has 1 N–H and O–H groups in total. The van der Waals surface area contributed by atoms with Gasteiger partial charge in [0.2, 0.25) is 11.7 Å². The smallest absolute Gasteiger partial charge is 0.287 e. The van der Waals surface area contributed by atoms with Crippen molar-refractivity contribution in [2.24, 2.45) is 0 Å². The van der Waals surface area contributed by atoms with Crippen LogP contribution in [0.4, 0.5) is 0 Å². The summed E-state index contributed by atoms with van der Waals surface area (Å²) in [5, 5.41) is 3.80. The number of methoxy groups -OCH3 is 1. The van der Waals surface area contributed by atoms with Gasteiger partial charge in [-0.2, -0.15) is 0 Å². The van der Waals surface area contributed by atoms with Gasteiger partial charge in [0.25, 0.3) is 5.91 Å². The van der Waals surface area contributed by atoms with Crippen molar-refractivity contribution in [3.8, 4) is 16.9 Å². The largest absolute Gasteiger partial charge is 0.497 e. The second-order valence-electron chi connectivity index (χ2n) is 7.13. The summed E-state index contributed by atoms with van der Waals surface area (Å²) < 4.78 is 11.2. The molecule has 6 nitrogen and oxygen atoms in total. The molecule has 0 radical (unpaired) electrons. The molecule has 0 aliphatic carbocycles. The van der Waals surface area contributed by atoms with E-state index in [0.29, 0.717) is 37.3 Å². The fourth-order valence-electron chi connectivity index (χ4n) is 3.75. The average Bonchev–Trinajstić information content (AvgIpc) is 3.34. The SMILES string of the molecule is COc1ccc2c(-c3ccccc3)c(C(=O)NCCCN3CCCC3=O)oc2c1. The van der Waals surface area contributed by atoms with Crippen molar-refractivity contribution < 1.29 is 18.7 Å². The lowest BCUT2D eigenvalue weighted by atomic mass is 10.0. The highest BCUT2D eigenvalue weighted by Gasteiger charge is 2.23. The second kappa shape index (κ2) is 8.39. The van der Waals surface area contributed by atoms with Gasteiger partial charge in [0, 0.05) is 43.1 Å². The quantitative estimate of drug-likeness (QED) is 0.620. The Kier molecular flexibility index (Phi) is 5.51. The lowest BCUT2D eigenvalue weighted by molar-refractivity contribution is -0.127. The highest BCUT2D eigenvalue weighted by atomic mass is 16.5. The van der Waals surface area contributed by atoms with Gasteiger partial charge in [0.15, 0.2) is 0 Å². The maximum absolute atomic E-state index is 12.9. The monoisotopic (exact) mass is 392 g/mol. The normalized spacial score (nSPS) is 13.8. The third-order valence-corrected chi connectivity index (χ3v) is 5.23. The number of hydrogen-bond acceptors (Lipinski definition) is 4. The van der Waals surface area contributed by atoms with Crippen LogP contribution in [0.25, 0.3) is 22.1 Å². The zero-order chi connectivity index (χ0) is 20.2. The summed E-state index contributed by atoms with van der Waals surface area (Å²) in [5.74, 6) is 0.908. The lowest BCUT2D eigenvalue weighted by Gasteiger charge is -2.15. The molecule has 1 saturated heterocycles. The number of rotatable bonds is 7. The van der Waals surface area contributed by atoms with E-state index in [2.05, 4.69) is 5.32 Å². The van der Waals surface area contributed by atoms with Gasteiger partial charge in [-0.25, -0.2) is 0 Å². The molecule has 1 fully saturated rings. The van der Waals surface area contributed by atoms with Gasteiger partial charge in [0.1, 0.15) is 11.3 Å². The molecule has 0 saturated carbocycles. The fourth-order valence-corrected chi connectivity index (χ4v) is 3.75. The number of ether oxygens (including phenoxy) is 1. The summed E-state index contributed by atoms with van der Waals surface area (Å²) in [7, 11) is 1.60. The van der Waals surface area contributed by atoms with Gasteiger partial charge in [0.05, 0.1) is 7.11 Å². The van der Waals surface area contributed by atoms with Gasteiger partial charge in [-0.1, -0.05) is 30.3 Å². The summed E-state index contributed by atoms with van der Waals surface area (Å²) in [4.78, 5) is 26.5. The van der Waals surface area contributed by atoms with E-state index in [1.165, 1.54) is 0 Å². The van der Waals surface area contributed by atoms with Crippen LogP contribution >= 0.6 is 0 Å². The van der Waals surface area contributed by atoms with E-state index in [0.717, 1.165) is 29.5 Å². The Balaban J connectivity index is 1.55. The minimum atomic E-state index is -0.258. The molecular formula is C23H24N2O4. The Hall–Kier alpha value is -3.28. The third-order valence-electron chi connectivity index (χ3n) is 5.23. The van der Waals surface area contributed by atoms with Crippen molar-refractivity contribution in [1.82, 2.24) is 10.2 Å². The molecule has 3 aromatic rings. The number of amides is 2. The molecule has 1 aliphatic rings. The number of carbonyl (C=O) groups excluding carboxylic acids is 2. The van der Waals surface area contributed by atoms with Crippen LogP contribution in [0.2, 0.25) is 0 Å². The lowest BCUT2D eigenvalue weighted by Crippen LogP contribution is -2.30. The molecule has 150 valence electrons. The number of carbonyl (C=O) groups is 2. The van der Waals surface area contributed by atoms with E-state index in [1.54, 1.807) is 13.2 Å².